The van der Waals surface area contributed by atoms with E-state index >= 15 is 0 Å². The van der Waals surface area contributed by atoms with E-state index in [-0.39, 0.29) is 5.78 Å². The highest BCUT2D eigenvalue weighted by atomic mass is 16.1. The lowest BCUT2D eigenvalue weighted by Crippen LogP contribution is -2.21. The van der Waals surface area contributed by atoms with Crippen LogP contribution in [0.25, 0.3) is 11.3 Å². The van der Waals surface area contributed by atoms with Gasteiger partial charge in [0, 0.05) is 30.9 Å². The second kappa shape index (κ2) is 4.52. The van der Waals surface area contributed by atoms with Gasteiger partial charge in [0.2, 0.25) is 0 Å². The van der Waals surface area contributed by atoms with E-state index in [1.54, 1.807) is 12.4 Å². The second-order valence-corrected chi connectivity index (χ2v) is 4.23. The van der Waals surface area contributed by atoms with Gasteiger partial charge in [-0.25, -0.2) is 0 Å². The maximum atomic E-state index is 11.2. The average Bonchev–Trinajstić information content (AvgIpc) is 2.87. The number of ketones is 1. The quantitative estimate of drug-likeness (QED) is 0.792. The Morgan fingerprint density at radius 1 is 1.17 bits per heavy atom. The standard InChI is InChI=1S/C13H12N4O/c18-11-5-7-17(9-11)13-4-3-12(15-16-13)10-2-1-6-14-8-10/h1-4,6,8H,5,7,9H2. The average molecular weight is 240 g/mol. The third-order valence-electron chi connectivity index (χ3n) is 2.96. The number of carbonyl (C=O) groups is 1. The number of Topliss-reactive ketones (excluding diaryl/α,β-unsaturated/α-hetero) is 1. The molecule has 5 nitrogen and oxygen atoms in total. The molecule has 2 aromatic rings. The van der Waals surface area contributed by atoms with Gasteiger partial charge in [-0.3, -0.25) is 9.78 Å². The number of aromatic nitrogens is 3. The predicted octanol–water partition coefficient (Wildman–Crippen LogP) is 1.32. The maximum Gasteiger partial charge on any atom is 0.153 e. The SMILES string of the molecule is O=C1CCN(c2ccc(-c3cccnc3)nn2)C1. The number of rotatable bonds is 2. The Hall–Kier alpha value is -2.30. The second-order valence-electron chi connectivity index (χ2n) is 4.23. The van der Waals surface area contributed by atoms with Gasteiger partial charge in [-0.05, 0) is 24.3 Å². The van der Waals surface area contributed by atoms with E-state index in [4.69, 9.17) is 0 Å². The smallest absolute Gasteiger partial charge is 0.153 e. The van der Waals surface area contributed by atoms with Crippen molar-refractivity contribution in [2.75, 3.05) is 18.0 Å². The molecule has 0 radical (unpaired) electrons. The summed E-state index contributed by atoms with van der Waals surface area (Å²) >= 11 is 0. The molecule has 1 aliphatic rings. The van der Waals surface area contributed by atoms with E-state index in [9.17, 15) is 4.79 Å². The van der Waals surface area contributed by atoms with Gasteiger partial charge >= 0.3 is 0 Å². The zero-order chi connectivity index (χ0) is 12.4. The fraction of sp³-hybridized carbons (Fsp3) is 0.231. The van der Waals surface area contributed by atoms with Crippen LogP contribution < -0.4 is 4.90 Å². The molecule has 1 aliphatic heterocycles. The minimum Gasteiger partial charge on any atom is -0.347 e. The fourth-order valence-corrected chi connectivity index (χ4v) is 1.99. The van der Waals surface area contributed by atoms with E-state index in [0.717, 1.165) is 23.6 Å². The minimum atomic E-state index is 0.258. The summed E-state index contributed by atoms with van der Waals surface area (Å²) in [5.74, 6) is 1.02. The summed E-state index contributed by atoms with van der Waals surface area (Å²) < 4.78 is 0. The normalized spacial score (nSPS) is 15.1. The Bertz CT molecular complexity index is 553. The van der Waals surface area contributed by atoms with Crippen LogP contribution in [0.1, 0.15) is 6.42 Å². The molecule has 1 fully saturated rings. The zero-order valence-corrected chi connectivity index (χ0v) is 9.78. The van der Waals surface area contributed by atoms with Crippen LogP contribution in [0.5, 0.6) is 0 Å². The van der Waals surface area contributed by atoms with Crippen molar-refractivity contribution in [1.82, 2.24) is 15.2 Å². The molecular formula is C13H12N4O. The van der Waals surface area contributed by atoms with E-state index in [1.807, 2.05) is 29.2 Å². The Morgan fingerprint density at radius 2 is 2.11 bits per heavy atom. The van der Waals surface area contributed by atoms with Crippen LogP contribution in [0.15, 0.2) is 36.7 Å². The zero-order valence-electron chi connectivity index (χ0n) is 9.78. The lowest BCUT2D eigenvalue weighted by atomic mass is 10.2. The van der Waals surface area contributed by atoms with Crippen molar-refractivity contribution in [3.63, 3.8) is 0 Å². The highest BCUT2D eigenvalue weighted by Gasteiger charge is 2.20. The Balaban J connectivity index is 1.83. The molecule has 18 heavy (non-hydrogen) atoms. The molecular weight excluding hydrogens is 228 g/mol. The molecule has 0 spiro atoms. The lowest BCUT2D eigenvalue weighted by molar-refractivity contribution is -0.116. The van der Waals surface area contributed by atoms with Gasteiger partial charge in [0.05, 0.1) is 12.2 Å². The van der Waals surface area contributed by atoms with Crippen molar-refractivity contribution in [3.05, 3.63) is 36.7 Å². The topological polar surface area (TPSA) is 59.0 Å². The first-order valence-electron chi connectivity index (χ1n) is 5.84. The van der Waals surface area contributed by atoms with Crippen LogP contribution in [-0.2, 0) is 4.79 Å². The Morgan fingerprint density at radius 3 is 2.72 bits per heavy atom. The monoisotopic (exact) mass is 240 g/mol. The van der Waals surface area contributed by atoms with Crippen LogP contribution >= 0.6 is 0 Å². The fourth-order valence-electron chi connectivity index (χ4n) is 1.99. The van der Waals surface area contributed by atoms with Crippen molar-refractivity contribution in [2.24, 2.45) is 0 Å². The molecule has 0 unspecified atom stereocenters. The number of hydrogen-bond acceptors (Lipinski definition) is 5. The molecule has 3 rings (SSSR count). The van der Waals surface area contributed by atoms with Crippen LogP contribution in [-0.4, -0.2) is 34.1 Å². The molecule has 0 atom stereocenters. The van der Waals surface area contributed by atoms with Gasteiger partial charge in [0.1, 0.15) is 0 Å². The number of carbonyl (C=O) groups excluding carboxylic acids is 1. The molecule has 0 aliphatic carbocycles. The largest absolute Gasteiger partial charge is 0.347 e. The summed E-state index contributed by atoms with van der Waals surface area (Å²) in [6.07, 6.45) is 4.08. The van der Waals surface area contributed by atoms with Crippen molar-refractivity contribution >= 4 is 11.6 Å². The third kappa shape index (κ3) is 2.07. The van der Waals surface area contributed by atoms with Crippen molar-refractivity contribution in [1.29, 1.82) is 0 Å². The van der Waals surface area contributed by atoms with E-state index in [2.05, 4.69) is 15.2 Å². The molecule has 0 N–H and O–H groups in total. The van der Waals surface area contributed by atoms with Gasteiger partial charge in [0.15, 0.2) is 11.6 Å². The van der Waals surface area contributed by atoms with Crippen molar-refractivity contribution in [3.8, 4) is 11.3 Å². The molecule has 0 bridgehead atoms. The first-order chi connectivity index (χ1) is 8.83. The van der Waals surface area contributed by atoms with Crippen molar-refractivity contribution < 1.29 is 4.79 Å². The van der Waals surface area contributed by atoms with Gasteiger partial charge < -0.3 is 4.90 Å². The van der Waals surface area contributed by atoms with E-state index in [1.165, 1.54) is 0 Å². The summed E-state index contributed by atoms with van der Waals surface area (Å²) in [6.45, 7) is 1.18. The van der Waals surface area contributed by atoms with Gasteiger partial charge in [-0.1, -0.05) is 0 Å². The summed E-state index contributed by atoms with van der Waals surface area (Å²) in [5.41, 5.74) is 1.73. The van der Waals surface area contributed by atoms with Crippen LogP contribution in [0.3, 0.4) is 0 Å². The molecule has 1 saturated heterocycles. The Kier molecular flexibility index (Phi) is 2.72. The molecule has 3 heterocycles. The number of hydrogen-bond donors (Lipinski definition) is 0. The number of pyridine rings is 1. The molecule has 2 aromatic heterocycles. The summed E-state index contributed by atoms with van der Waals surface area (Å²) in [6, 6.07) is 7.61. The molecule has 90 valence electrons. The molecule has 0 saturated carbocycles. The van der Waals surface area contributed by atoms with Gasteiger partial charge in [-0.15, -0.1) is 10.2 Å². The minimum absolute atomic E-state index is 0.258. The molecule has 5 heteroatoms. The van der Waals surface area contributed by atoms with Gasteiger partial charge in [0.25, 0.3) is 0 Å². The number of anilines is 1. The molecule has 0 aromatic carbocycles. The first-order valence-corrected chi connectivity index (χ1v) is 5.84. The van der Waals surface area contributed by atoms with Crippen LogP contribution in [0.4, 0.5) is 5.82 Å². The third-order valence-corrected chi connectivity index (χ3v) is 2.96. The van der Waals surface area contributed by atoms with Crippen LogP contribution in [0.2, 0.25) is 0 Å². The Labute approximate surface area is 104 Å². The highest BCUT2D eigenvalue weighted by Crippen LogP contribution is 2.19. The van der Waals surface area contributed by atoms with Crippen molar-refractivity contribution in [2.45, 2.75) is 6.42 Å². The van der Waals surface area contributed by atoms with Crippen LogP contribution in [0, 0.1) is 0 Å². The lowest BCUT2D eigenvalue weighted by Gasteiger charge is -2.14. The maximum absolute atomic E-state index is 11.2. The summed E-state index contributed by atoms with van der Waals surface area (Å²) in [5, 5.41) is 8.34. The van der Waals surface area contributed by atoms with E-state index < -0.39 is 0 Å². The predicted molar refractivity (Wildman–Crippen MR) is 67.1 cm³/mol. The summed E-state index contributed by atoms with van der Waals surface area (Å²) in [7, 11) is 0. The first kappa shape index (κ1) is 10.8. The number of nitrogens with zero attached hydrogens (tertiary/aromatic N) is 4. The van der Waals surface area contributed by atoms with Gasteiger partial charge in [-0.2, -0.15) is 0 Å². The van der Waals surface area contributed by atoms with E-state index in [0.29, 0.717) is 13.0 Å². The molecule has 0 amide bonds. The summed E-state index contributed by atoms with van der Waals surface area (Å²) in [4.78, 5) is 17.2. The highest BCUT2D eigenvalue weighted by molar-refractivity contribution is 5.86.